The highest BCUT2D eigenvalue weighted by molar-refractivity contribution is 14.1. The van der Waals surface area contributed by atoms with E-state index in [2.05, 4.69) is 14.7 Å². The Hall–Kier alpha value is -0.330. The van der Waals surface area contributed by atoms with Crippen molar-refractivity contribution in [1.82, 2.24) is 10.1 Å². The molecule has 7 heavy (non-hydrogen) atoms. The molecule has 1 N–H and O–H groups in total. The predicted octanol–water partition coefficient (Wildman–Crippen LogP) is -0.0325. The van der Waals surface area contributed by atoms with Crippen LogP contribution in [0.25, 0.3) is 0 Å². The Morgan fingerprint density at radius 1 is 1.86 bits per heavy atom. The van der Waals surface area contributed by atoms with Gasteiger partial charge in [-0.15, -0.1) is 0 Å². The van der Waals surface area contributed by atoms with Crippen molar-refractivity contribution in [3.05, 3.63) is 14.4 Å². The van der Waals surface area contributed by atoms with Gasteiger partial charge in [0.1, 0.15) is 0 Å². The minimum atomic E-state index is -0.510. The third-order valence-corrected chi connectivity index (χ3v) is 0.881. The Balaban J connectivity index is 3.30. The molecule has 1 aromatic heterocycles. The van der Waals surface area contributed by atoms with E-state index in [1.165, 1.54) is 0 Å². The zero-order valence-corrected chi connectivity index (χ0v) is 5.30. The number of rotatable bonds is 0. The maximum absolute atomic E-state index is 10.0. The van der Waals surface area contributed by atoms with E-state index in [-0.39, 0.29) is 0 Å². The lowest BCUT2D eigenvalue weighted by atomic mass is 11.3. The second kappa shape index (κ2) is 1.65. The summed E-state index contributed by atoms with van der Waals surface area (Å²) in [7, 11) is 0. The van der Waals surface area contributed by atoms with Crippen LogP contribution in [0.1, 0.15) is 0 Å². The zero-order chi connectivity index (χ0) is 5.28. The first-order chi connectivity index (χ1) is 3.29. The topological polar surface area (TPSA) is 58.9 Å². The molecule has 38 valence electrons. The molecule has 1 aromatic rings. The Morgan fingerprint density at radius 2 is 2.57 bits per heavy atom. The van der Waals surface area contributed by atoms with Gasteiger partial charge in [0.2, 0.25) is 3.83 Å². The number of hydrogen-bond acceptors (Lipinski definition) is 3. The van der Waals surface area contributed by atoms with E-state index in [1.54, 1.807) is 0 Å². The fraction of sp³-hybridized carbons (Fsp3) is 0. The van der Waals surface area contributed by atoms with Crippen LogP contribution in [0.3, 0.4) is 0 Å². The molecule has 5 heteroatoms. The second-order valence-corrected chi connectivity index (χ2v) is 1.91. The van der Waals surface area contributed by atoms with Gasteiger partial charge in [0, 0.05) is 22.6 Å². The second-order valence-electron chi connectivity index (χ2n) is 0.886. The Bertz CT molecular complexity index is 201. The molecule has 0 atom stereocenters. The summed E-state index contributed by atoms with van der Waals surface area (Å²) in [4.78, 5) is 12.3. The van der Waals surface area contributed by atoms with E-state index >= 15 is 0 Å². The lowest BCUT2D eigenvalue weighted by molar-refractivity contribution is 0.383. The van der Waals surface area contributed by atoms with Crippen molar-refractivity contribution >= 4 is 22.6 Å². The normalized spacial score (nSPS) is 9.29. The molecular weight excluding hydrogens is 211 g/mol. The fourth-order valence-electron chi connectivity index (χ4n) is 0.211. The molecule has 4 nitrogen and oxygen atoms in total. The molecule has 0 aliphatic rings. The van der Waals surface area contributed by atoms with E-state index in [1.807, 2.05) is 22.6 Å². The van der Waals surface area contributed by atoms with Crippen LogP contribution in [0.2, 0.25) is 0 Å². The van der Waals surface area contributed by atoms with Crippen LogP contribution in [-0.2, 0) is 0 Å². The first-order valence-electron chi connectivity index (χ1n) is 1.50. The average molecular weight is 212 g/mol. The molecule has 0 bridgehead atoms. The van der Waals surface area contributed by atoms with Gasteiger partial charge in [-0.3, -0.25) is 9.51 Å². The minimum absolute atomic E-state index is 0.475. The summed E-state index contributed by atoms with van der Waals surface area (Å²) < 4.78 is 4.57. The van der Waals surface area contributed by atoms with Gasteiger partial charge in [0.15, 0.2) is 0 Å². The highest BCUT2D eigenvalue weighted by Gasteiger charge is 1.88. The number of aromatic nitrogens is 2. The van der Waals surface area contributed by atoms with Crippen molar-refractivity contribution in [2.45, 2.75) is 0 Å². The molecule has 0 saturated heterocycles. The van der Waals surface area contributed by atoms with Gasteiger partial charge < -0.3 is 0 Å². The molecule has 0 amide bonds. The molecule has 1 rings (SSSR count). The molecule has 1 heterocycles. The Morgan fingerprint density at radius 3 is 2.71 bits per heavy atom. The van der Waals surface area contributed by atoms with Gasteiger partial charge >= 0.3 is 5.76 Å². The molecule has 0 spiro atoms. The van der Waals surface area contributed by atoms with Crippen LogP contribution < -0.4 is 5.76 Å². The van der Waals surface area contributed by atoms with Gasteiger partial charge in [0.05, 0.1) is 0 Å². The zero-order valence-electron chi connectivity index (χ0n) is 3.14. The van der Waals surface area contributed by atoms with E-state index < -0.39 is 5.76 Å². The van der Waals surface area contributed by atoms with E-state index in [4.69, 9.17) is 0 Å². The maximum atomic E-state index is 10.0. The van der Waals surface area contributed by atoms with Crippen molar-refractivity contribution in [3.63, 3.8) is 0 Å². The number of nitrogens with zero attached hydrogens (tertiary/aromatic N) is 1. The summed E-state index contributed by atoms with van der Waals surface area (Å²) in [6.07, 6.45) is 0. The third kappa shape index (κ3) is 1.02. The highest BCUT2D eigenvalue weighted by Crippen LogP contribution is 1.86. The highest BCUT2D eigenvalue weighted by atomic mass is 127. The number of hydrogen-bond donors (Lipinski definition) is 1. The monoisotopic (exact) mass is 212 g/mol. The SMILES string of the molecule is O=c1[nH]c(I)no1. The molecule has 0 radical (unpaired) electrons. The summed E-state index contributed by atoms with van der Waals surface area (Å²) >= 11 is 1.84. The van der Waals surface area contributed by atoms with E-state index in [9.17, 15) is 4.79 Å². The first kappa shape index (κ1) is 4.82. The summed E-state index contributed by atoms with van der Waals surface area (Å²) in [6.45, 7) is 0. The molecule has 0 fully saturated rings. The van der Waals surface area contributed by atoms with Crippen molar-refractivity contribution in [2.24, 2.45) is 0 Å². The summed E-state index contributed by atoms with van der Waals surface area (Å²) in [5.74, 6) is -0.510. The number of H-pyrrole nitrogens is 1. The van der Waals surface area contributed by atoms with Crippen LogP contribution in [0, 0.1) is 3.83 Å². The number of aromatic amines is 1. The lowest BCUT2D eigenvalue weighted by Gasteiger charge is -1.59. The molecule has 0 aliphatic heterocycles. The average Bonchev–Trinajstić information content (AvgIpc) is 1.87. The van der Waals surface area contributed by atoms with Crippen molar-refractivity contribution in [2.75, 3.05) is 0 Å². The van der Waals surface area contributed by atoms with Crippen LogP contribution in [0.5, 0.6) is 0 Å². The van der Waals surface area contributed by atoms with Crippen molar-refractivity contribution in [3.8, 4) is 0 Å². The standard InChI is InChI=1S/C2HIN2O2/c3-1-4-2(6)7-5-1/h(H,4,5,6). The smallest absolute Gasteiger partial charge is 0.295 e. The van der Waals surface area contributed by atoms with Crippen LogP contribution >= 0.6 is 22.6 Å². The molecule has 0 aliphatic carbocycles. The van der Waals surface area contributed by atoms with Crippen molar-refractivity contribution < 1.29 is 4.52 Å². The Kier molecular flexibility index (Phi) is 1.13. The summed E-state index contributed by atoms with van der Waals surface area (Å²) in [6, 6.07) is 0. The van der Waals surface area contributed by atoms with Gasteiger partial charge in [-0.1, -0.05) is 0 Å². The lowest BCUT2D eigenvalue weighted by Crippen LogP contribution is -1.93. The Labute approximate surface area is 52.0 Å². The number of nitrogens with one attached hydrogen (secondary N) is 1. The van der Waals surface area contributed by atoms with Gasteiger partial charge in [-0.2, -0.15) is 0 Å². The van der Waals surface area contributed by atoms with Crippen LogP contribution in [-0.4, -0.2) is 10.1 Å². The third-order valence-electron chi connectivity index (χ3n) is 0.414. The van der Waals surface area contributed by atoms with E-state index in [0.29, 0.717) is 3.83 Å². The maximum Gasteiger partial charge on any atom is 0.439 e. The van der Waals surface area contributed by atoms with Crippen molar-refractivity contribution in [1.29, 1.82) is 0 Å². The van der Waals surface area contributed by atoms with Crippen LogP contribution in [0.4, 0.5) is 0 Å². The predicted molar refractivity (Wildman–Crippen MR) is 29.8 cm³/mol. The minimum Gasteiger partial charge on any atom is -0.295 e. The summed E-state index contributed by atoms with van der Waals surface area (Å²) in [5, 5.41) is 3.26. The first-order valence-corrected chi connectivity index (χ1v) is 2.58. The number of halogens is 1. The summed E-state index contributed by atoms with van der Waals surface area (Å²) in [5.41, 5.74) is 0. The largest absolute Gasteiger partial charge is 0.439 e. The fourth-order valence-corrected chi connectivity index (χ4v) is 0.530. The molecule has 0 saturated carbocycles. The van der Waals surface area contributed by atoms with Gasteiger partial charge in [-0.25, -0.2) is 4.79 Å². The van der Waals surface area contributed by atoms with Gasteiger partial charge in [-0.05, 0) is 5.16 Å². The van der Waals surface area contributed by atoms with E-state index in [0.717, 1.165) is 0 Å². The van der Waals surface area contributed by atoms with Gasteiger partial charge in [0.25, 0.3) is 0 Å². The molecular formula is C2HIN2O2. The van der Waals surface area contributed by atoms with Crippen LogP contribution in [0.15, 0.2) is 9.32 Å². The molecule has 0 unspecified atom stereocenters. The quantitative estimate of drug-likeness (QED) is 0.614. The molecule has 0 aromatic carbocycles.